The van der Waals surface area contributed by atoms with Crippen molar-refractivity contribution in [3.63, 3.8) is 0 Å². The smallest absolute Gasteiger partial charge is 0.243 e. The van der Waals surface area contributed by atoms with Crippen LogP contribution in [0.15, 0.2) is 41.3 Å². The first-order chi connectivity index (χ1) is 11.4. The van der Waals surface area contributed by atoms with Crippen molar-refractivity contribution in [1.29, 1.82) is 0 Å². The predicted molar refractivity (Wildman–Crippen MR) is 92.7 cm³/mol. The molecule has 1 aromatic carbocycles. The van der Waals surface area contributed by atoms with Crippen LogP contribution in [0.3, 0.4) is 0 Å². The van der Waals surface area contributed by atoms with Crippen molar-refractivity contribution in [3.05, 3.63) is 53.2 Å². The largest absolute Gasteiger partial charge is 0.473 e. The quantitative estimate of drug-likeness (QED) is 0.854. The maximum Gasteiger partial charge on any atom is 0.243 e. The standard InChI is InChI=1S/C18H22N2O3S/c1-13-7-8-14(2)17(11-13)24(21,22)20-10-9-16(12-20)23-18-6-4-5-15(3)19-18/h4-8,11,16H,9-10,12H2,1-3H3. The van der Waals surface area contributed by atoms with Crippen LogP contribution in [0.1, 0.15) is 23.2 Å². The lowest BCUT2D eigenvalue weighted by molar-refractivity contribution is 0.206. The highest BCUT2D eigenvalue weighted by atomic mass is 32.2. The second-order valence-corrected chi connectivity index (χ2v) is 8.18. The molecule has 0 spiro atoms. The van der Waals surface area contributed by atoms with E-state index >= 15 is 0 Å². The van der Waals surface area contributed by atoms with Crippen LogP contribution < -0.4 is 4.74 Å². The first-order valence-electron chi connectivity index (χ1n) is 8.04. The fourth-order valence-corrected chi connectivity index (χ4v) is 4.69. The second kappa shape index (κ2) is 6.53. The maximum absolute atomic E-state index is 12.9. The van der Waals surface area contributed by atoms with Gasteiger partial charge in [0.05, 0.1) is 11.4 Å². The molecule has 0 amide bonds. The summed E-state index contributed by atoms with van der Waals surface area (Å²) in [4.78, 5) is 4.70. The average Bonchev–Trinajstić information content (AvgIpc) is 2.99. The third-order valence-corrected chi connectivity index (χ3v) is 6.23. The molecule has 1 unspecified atom stereocenters. The van der Waals surface area contributed by atoms with Gasteiger partial charge in [-0.05, 0) is 50.5 Å². The molecule has 3 rings (SSSR count). The molecule has 1 aromatic heterocycles. The van der Waals surface area contributed by atoms with Gasteiger partial charge in [0.2, 0.25) is 15.9 Å². The van der Waals surface area contributed by atoms with Crippen molar-refractivity contribution >= 4 is 10.0 Å². The van der Waals surface area contributed by atoms with E-state index in [2.05, 4.69) is 4.98 Å². The summed E-state index contributed by atoms with van der Waals surface area (Å²) in [7, 11) is -3.49. The van der Waals surface area contributed by atoms with E-state index in [1.54, 1.807) is 12.1 Å². The number of sulfonamides is 1. The third-order valence-electron chi connectivity index (χ3n) is 4.22. The Morgan fingerprint density at radius 1 is 1.17 bits per heavy atom. The Bertz CT molecular complexity index is 849. The van der Waals surface area contributed by atoms with Crippen molar-refractivity contribution in [1.82, 2.24) is 9.29 Å². The minimum atomic E-state index is -3.49. The number of benzene rings is 1. The van der Waals surface area contributed by atoms with Crippen LogP contribution in [-0.4, -0.2) is 36.9 Å². The fraction of sp³-hybridized carbons (Fsp3) is 0.389. The van der Waals surface area contributed by atoms with Crippen molar-refractivity contribution in [2.75, 3.05) is 13.1 Å². The Labute approximate surface area is 143 Å². The van der Waals surface area contributed by atoms with Gasteiger partial charge in [-0.3, -0.25) is 0 Å². The zero-order valence-electron chi connectivity index (χ0n) is 14.2. The summed E-state index contributed by atoms with van der Waals surface area (Å²) in [5, 5.41) is 0. The van der Waals surface area contributed by atoms with Crippen LogP contribution in [0.25, 0.3) is 0 Å². The number of rotatable bonds is 4. The lowest BCUT2D eigenvalue weighted by Crippen LogP contribution is -2.31. The summed E-state index contributed by atoms with van der Waals surface area (Å²) in [5.41, 5.74) is 2.59. The van der Waals surface area contributed by atoms with Gasteiger partial charge in [-0.15, -0.1) is 0 Å². The molecule has 2 heterocycles. The molecule has 0 N–H and O–H groups in total. The van der Waals surface area contributed by atoms with Crippen LogP contribution in [0.4, 0.5) is 0 Å². The molecule has 128 valence electrons. The molecule has 1 aliphatic rings. The van der Waals surface area contributed by atoms with E-state index in [4.69, 9.17) is 4.74 Å². The maximum atomic E-state index is 12.9. The number of nitrogens with zero attached hydrogens (tertiary/aromatic N) is 2. The topological polar surface area (TPSA) is 59.5 Å². The van der Waals surface area contributed by atoms with Crippen LogP contribution in [0, 0.1) is 20.8 Å². The van der Waals surface area contributed by atoms with Crippen LogP contribution in [0.5, 0.6) is 5.88 Å². The molecule has 1 atom stereocenters. The zero-order valence-corrected chi connectivity index (χ0v) is 15.0. The lowest BCUT2D eigenvalue weighted by atomic mass is 10.2. The molecule has 1 saturated heterocycles. The van der Waals surface area contributed by atoms with Crippen LogP contribution in [-0.2, 0) is 10.0 Å². The van der Waals surface area contributed by atoms with E-state index in [0.29, 0.717) is 30.3 Å². The van der Waals surface area contributed by atoms with Gasteiger partial charge in [-0.1, -0.05) is 18.2 Å². The van der Waals surface area contributed by atoms with Gasteiger partial charge in [0.15, 0.2) is 0 Å². The Hall–Kier alpha value is -1.92. The third kappa shape index (κ3) is 3.44. The van der Waals surface area contributed by atoms with E-state index < -0.39 is 10.0 Å². The first kappa shape index (κ1) is 16.9. The van der Waals surface area contributed by atoms with E-state index in [-0.39, 0.29) is 6.10 Å². The summed E-state index contributed by atoms with van der Waals surface area (Å²) in [6.45, 7) is 6.45. The molecule has 24 heavy (non-hydrogen) atoms. The van der Waals surface area contributed by atoms with E-state index in [1.807, 2.05) is 45.0 Å². The molecule has 6 heteroatoms. The van der Waals surface area contributed by atoms with E-state index in [1.165, 1.54) is 4.31 Å². The van der Waals surface area contributed by atoms with Gasteiger partial charge in [0.25, 0.3) is 0 Å². The van der Waals surface area contributed by atoms with Gasteiger partial charge in [-0.25, -0.2) is 13.4 Å². The number of pyridine rings is 1. The van der Waals surface area contributed by atoms with Crippen LogP contribution in [0.2, 0.25) is 0 Å². The number of hydrogen-bond donors (Lipinski definition) is 0. The molecule has 2 aromatic rings. The Morgan fingerprint density at radius 2 is 1.96 bits per heavy atom. The molecule has 0 aliphatic carbocycles. The van der Waals surface area contributed by atoms with Gasteiger partial charge in [0, 0.05) is 18.3 Å². The molecule has 0 radical (unpaired) electrons. The Balaban J connectivity index is 1.76. The minimum Gasteiger partial charge on any atom is -0.473 e. The van der Waals surface area contributed by atoms with Crippen molar-refractivity contribution in [3.8, 4) is 5.88 Å². The summed E-state index contributed by atoms with van der Waals surface area (Å²) in [5.74, 6) is 0.547. The Kier molecular flexibility index (Phi) is 4.60. The second-order valence-electron chi connectivity index (χ2n) is 6.28. The molecule has 0 saturated carbocycles. The summed E-state index contributed by atoms with van der Waals surface area (Å²) < 4.78 is 33.2. The SMILES string of the molecule is Cc1ccc(C)c(S(=O)(=O)N2CCC(Oc3cccc(C)n3)C2)c1. The van der Waals surface area contributed by atoms with Gasteiger partial charge in [-0.2, -0.15) is 4.31 Å². The van der Waals surface area contributed by atoms with Gasteiger partial charge in [0.1, 0.15) is 6.10 Å². The fourth-order valence-electron chi connectivity index (χ4n) is 2.89. The number of aryl methyl sites for hydroxylation is 3. The molecule has 5 nitrogen and oxygen atoms in total. The first-order valence-corrected chi connectivity index (χ1v) is 9.48. The molecule has 1 aliphatic heterocycles. The zero-order chi connectivity index (χ0) is 17.3. The average molecular weight is 346 g/mol. The molecular formula is C18H22N2O3S. The minimum absolute atomic E-state index is 0.167. The summed E-state index contributed by atoms with van der Waals surface area (Å²) in [6.07, 6.45) is 0.499. The van der Waals surface area contributed by atoms with E-state index in [0.717, 1.165) is 16.8 Å². The number of ether oxygens (including phenoxy) is 1. The molecular weight excluding hydrogens is 324 g/mol. The normalized spacial score (nSPS) is 18.7. The van der Waals surface area contributed by atoms with E-state index in [9.17, 15) is 8.42 Å². The number of hydrogen-bond acceptors (Lipinski definition) is 4. The molecule has 0 bridgehead atoms. The highest BCUT2D eigenvalue weighted by Gasteiger charge is 2.34. The summed E-state index contributed by atoms with van der Waals surface area (Å²) in [6, 6.07) is 11.1. The lowest BCUT2D eigenvalue weighted by Gasteiger charge is -2.18. The van der Waals surface area contributed by atoms with Crippen molar-refractivity contribution in [2.45, 2.75) is 38.2 Å². The molecule has 1 fully saturated rings. The highest BCUT2D eigenvalue weighted by Crippen LogP contribution is 2.26. The highest BCUT2D eigenvalue weighted by molar-refractivity contribution is 7.89. The monoisotopic (exact) mass is 346 g/mol. The van der Waals surface area contributed by atoms with Crippen molar-refractivity contribution < 1.29 is 13.2 Å². The Morgan fingerprint density at radius 3 is 2.71 bits per heavy atom. The van der Waals surface area contributed by atoms with Crippen molar-refractivity contribution in [2.24, 2.45) is 0 Å². The summed E-state index contributed by atoms with van der Waals surface area (Å²) >= 11 is 0. The van der Waals surface area contributed by atoms with Gasteiger partial charge >= 0.3 is 0 Å². The van der Waals surface area contributed by atoms with Gasteiger partial charge < -0.3 is 4.74 Å². The van der Waals surface area contributed by atoms with Crippen LogP contribution >= 0.6 is 0 Å². The predicted octanol–water partition coefficient (Wildman–Crippen LogP) is 2.85. The number of aromatic nitrogens is 1.